The Hall–Kier alpha value is -1.93. The molecule has 1 saturated heterocycles. The summed E-state index contributed by atoms with van der Waals surface area (Å²) in [6.07, 6.45) is 0.809. The first-order valence-corrected chi connectivity index (χ1v) is 7.42. The predicted molar refractivity (Wildman–Crippen MR) is 69.5 cm³/mol. The van der Waals surface area contributed by atoms with Crippen LogP contribution in [-0.2, 0) is 14.8 Å². The summed E-state index contributed by atoms with van der Waals surface area (Å²) in [5.41, 5.74) is 5.27. The molecule has 1 aromatic carbocycles. The maximum Gasteiger partial charge on any atom is 0.322 e. The average Bonchev–Trinajstić information content (AvgIpc) is 2.89. The van der Waals surface area contributed by atoms with Crippen molar-refractivity contribution >= 4 is 21.9 Å². The summed E-state index contributed by atoms with van der Waals surface area (Å²) in [5, 5.41) is 9.04. The Balaban J connectivity index is 2.35. The Labute approximate surface area is 116 Å². The fraction of sp³-hybridized carbons (Fsp3) is 0.333. The number of carboxylic acid groups (broad SMARTS) is 1. The third-order valence-corrected chi connectivity index (χ3v) is 5.16. The summed E-state index contributed by atoms with van der Waals surface area (Å²) in [6.45, 7) is 0.177. The second-order valence-corrected chi connectivity index (χ2v) is 6.39. The van der Waals surface area contributed by atoms with Gasteiger partial charge in [0.15, 0.2) is 0 Å². The number of primary amides is 1. The predicted octanol–water partition coefficient (Wildman–Crippen LogP) is 0.0232. The summed E-state index contributed by atoms with van der Waals surface area (Å²) >= 11 is 0. The molecule has 0 unspecified atom stereocenters. The minimum absolute atomic E-state index is 0.0457. The molecule has 2 rings (SSSR count). The molecule has 0 radical (unpaired) electrons. The number of amides is 1. The van der Waals surface area contributed by atoms with Crippen molar-refractivity contribution in [3.63, 3.8) is 0 Å². The average molecular weight is 298 g/mol. The van der Waals surface area contributed by atoms with Crippen LogP contribution in [0.5, 0.6) is 0 Å². The van der Waals surface area contributed by atoms with Gasteiger partial charge in [0.1, 0.15) is 6.04 Å². The fourth-order valence-electron chi connectivity index (χ4n) is 2.20. The van der Waals surface area contributed by atoms with E-state index in [0.717, 1.165) is 4.31 Å². The Morgan fingerprint density at radius 1 is 1.25 bits per heavy atom. The number of sulfonamides is 1. The van der Waals surface area contributed by atoms with E-state index in [1.165, 1.54) is 24.3 Å². The number of nitrogens with two attached hydrogens (primary N) is 1. The van der Waals surface area contributed by atoms with Gasteiger partial charge >= 0.3 is 5.97 Å². The van der Waals surface area contributed by atoms with E-state index in [9.17, 15) is 18.0 Å². The molecule has 1 aliphatic rings. The molecule has 0 aliphatic carbocycles. The van der Waals surface area contributed by atoms with Gasteiger partial charge in [-0.3, -0.25) is 9.59 Å². The highest BCUT2D eigenvalue weighted by atomic mass is 32.2. The number of rotatable bonds is 4. The lowest BCUT2D eigenvalue weighted by Gasteiger charge is -2.20. The molecule has 1 amide bonds. The van der Waals surface area contributed by atoms with Crippen molar-refractivity contribution in [3.05, 3.63) is 29.8 Å². The lowest BCUT2D eigenvalue weighted by molar-refractivity contribution is -0.140. The van der Waals surface area contributed by atoms with Gasteiger partial charge < -0.3 is 10.8 Å². The highest BCUT2D eigenvalue weighted by molar-refractivity contribution is 7.89. The first-order valence-electron chi connectivity index (χ1n) is 5.98. The van der Waals surface area contributed by atoms with E-state index < -0.39 is 27.9 Å². The lowest BCUT2D eigenvalue weighted by atomic mass is 10.2. The molecule has 0 saturated carbocycles. The summed E-state index contributed by atoms with van der Waals surface area (Å²) in [6, 6.07) is 4.09. The molecule has 1 fully saturated rings. The number of hydrogen-bond donors (Lipinski definition) is 2. The summed E-state index contributed by atoms with van der Waals surface area (Å²) in [7, 11) is -3.87. The largest absolute Gasteiger partial charge is 0.480 e. The number of hydrogen-bond acceptors (Lipinski definition) is 4. The molecule has 1 heterocycles. The van der Waals surface area contributed by atoms with Crippen molar-refractivity contribution in [2.24, 2.45) is 5.73 Å². The topological polar surface area (TPSA) is 118 Å². The third-order valence-electron chi connectivity index (χ3n) is 3.23. The quantitative estimate of drug-likeness (QED) is 0.812. The second kappa shape index (κ2) is 5.22. The fourth-order valence-corrected chi connectivity index (χ4v) is 3.85. The van der Waals surface area contributed by atoms with Gasteiger partial charge in [-0.05, 0) is 37.1 Å². The van der Waals surface area contributed by atoms with Gasteiger partial charge in [0.25, 0.3) is 0 Å². The van der Waals surface area contributed by atoms with E-state index in [0.29, 0.717) is 12.8 Å². The summed E-state index contributed by atoms with van der Waals surface area (Å²) in [5.74, 6) is -1.81. The first-order chi connectivity index (χ1) is 9.34. The molecular weight excluding hydrogens is 284 g/mol. The van der Waals surface area contributed by atoms with Crippen LogP contribution in [0.1, 0.15) is 23.2 Å². The summed E-state index contributed by atoms with van der Waals surface area (Å²) in [4.78, 5) is 22.0. The molecule has 8 heteroatoms. The van der Waals surface area contributed by atoms with Crippen LogP contribution in [0.4, 0.5) is 0 Å². The summed E-state index contributed by atoms with van der Waals surface area (Å²) < 4.78 is 25.7. The molecule has 1 atom stereocenters. The maximum atomic E-state index is 12.4. The van der Waals surface area contributed by atoms with E-state index in [1.807, 2.05) is 0 Å². The van der Waals surface area contributed by atoms with E-state index in [4.69, 9.17) is 10.8 Å². The highest BCUT2D eigenvalue weighted by Crippen LogP contribution is 2.26. The minimum Gasteiger partial charge on any atom is -0.480 e. The van der Waals surface area contributed by atoms with Gasteiger partial charge in [-0.2, -0.15) is 4.31 Å². The molecule has 1 aromatic rings. The van der Waals surface area contributed by atoms with E-state index in [2.05, 4.69) is 0 Å². The lowest BCUT2D eigenvalue weighted by Crippen LogP contribution is -2.40. The normalized spacial score (nSPS) is 19.9. The van der Waals surface area contributed by atoms with E-state index in [1.54, 1.807) is 0 Å². The number of carbonyl (C=O) groups excluding carboxylic acids is 1. The molecule has 0 aromatic heterocycles. The van der Waals surface area contributed by atoms with Gasteiger partial charge in [0.2, 0.25) is 15.9 Å². The zero-order valence-corrected chi connectivity index (χ0v) is 11.3. The van der Waals surface area contributed by atoms with E-state index in [-0.39, 0.29) is 17.0 Å². The number of benzene rings is 1. The standard InChI is InChI=1S/C12H14N2O5S/c13-11(15)8-3-5-9(6-4-8)20(18,19)14-7-1-2-10(14)12(16)17/h3-6,10H,1-2,7H2,(H2,13,15)(H,16,17)/t10-/m1/s1. The molecule has 3 N–H and O–H groups in total. The van der Waals surface area contributed by atoms with E-state index >= 15 is 0 Å². The molecule has 7 nitrogen and oxygen atoms in total. The molecule has 20 heavy (non-hydrogen) atoms. The SMILES string of the molecule is NC(=O)c1ccc(S(=O)(=O)N2CCC[C@@H]2C(=O)O)cc1. The van der Waals surface area contributed by atoms with Crippen molar-refractivity contribution in [1.29, 1.82) is 0 Å². The van der Waals surface area contributed by atoms with Crippen LogP contribution in [-0.4, -0.2) is 42.3 Å². The van der Waals surface area contributed by atoms with Crippen LogP contribution in [0.2, 0.25) is 0 Å². The first kappa shape index (κ1) is 14.5. The number of nitrogens with zero attached hydrogens (tertiary/aromatic N) is 1. The zero-order chi connectivity index (χ0) is 14.9. The number of carboxylic acids is 1. The van der Waals surface area contributed by atoms with Crippen LogP contribution >= 0.6 is 0 Å². The van der Waals surface area contributed by atoms with Crippen molar-refractivity contribution in [2.75, 3.05) is 6.54 Å². The Bertz CT molecular complexity index is 638. The van der Waals surface area contributed by atoms with Crippen molar-refractivity contribution in [2.45, 2.75) is 23.8 Å². The second-order valence-electron chi connectivity index (χ2n) is 4.50. The van der Waals surface area contributed by atoms with Gasteiger partial charge in [-0.15, -0.1) is 0 Å². The zero-order valence-electron chi connectivity index (χ0n) is 10.5. The Morgan fingerprint density at radius 2 is 1.85 bits per heavy atom. The van der Waals surface area contributed by atoms with Crippen LogP contribution in [0.15, 0.2) is 29.2 Å². The molecule has 108 valence electrons. The van der Waals surface area contributed by atoms with Crippen molar-refractivity contribution < 1.29 is 23.1 Å². The Kier molecular flexibility index (Phi) is 3.78. The maximum absolute atomic E-state index is 12.4. The van der Waals surface area contributed by atoms with Gasteiger partial charge in [0.05, 0.1) is 4.90 Å². The minimum atomic E-state index is -3.87. The van der Waals surface area contributed by atoms with Gasteiger partial charge in [-0.25, -0.2) is 8.42 Å². The smallest absolute Gasteiger partial charge is 0.322 e. The van der Waals surface area contributed by atoms with Crippen LogP contribution in [0, 0.1) is 0 Å². The molecular formula is C12H14N2O5S. The molecule has 0 spiro atoms. The van der Waals surface area contributed by atoms with Crippen LogP contribution in [0.25, 0.3) is 0 Å². The molecule has 0 bridgehead atoms. The Morgan fingerprint density at radius 3 is 2.35 bits per heavy atom. The molecule has 1 aliphatic heterocycles. The monoisotopic (exact) mass is 298 g/mol. The van der Waals surface area contributed by atoms with Crippen LogP contribution in [0.3, 0.4) is 0 Å². The number of aliphatic carboxylic acids is 1. The number of carbonyl (C=O) groups is 2. The highest BCUT2D eigenvalue weighted by Gasteiger charge is 2.39. The van der Waals surface area contributed by atoms with Crippen LogP contribution < -0.4 is 5.73 Å². The third kappa shape index (κ3) is 2.52. The van der Waals surface area contributed by atoms with Gasteiger partial charge in [-0.1, -0.05) is 0 Å². The van der Waals surface area contributed by atoms with Crippen molar-refractivity contribution in [3.8, 4) is 0 Å². The van der Waals surface area contributed by atoms with Gasteiger partial charge in [0, 0.05) is 12.1 Å². The van der Waals surface area contributed by atoms with Crippen molar-refractivity contribution in [1.82, 2.24) is 4.31 Å².